The minimum atomic E-state index is -0.451. The highest BCUT2D eigenvalue weighted by molar-refractivity contribution is 7.16. The molecule has 3 rings (SSSR count). The molecule has 1 aromatic heterocycles. The van der Waals surface area contributed by atoms with Crippen LogP contribution in [0.5, 0.6) is 0 Å². The van der Waals surface area contributed by atoms with Gasteiger partial charge in [-0.05, 0) is 48.9 Å². The lowest BCUT2D eigenvalue weighted by molar-refractivity contribution is 0.102. The van der Waals surface area contributed by atoms with E-state index < -0.39 is 5.82 Å². The van der Waals surface area contributed by atoms with Gasteiger partial charge in [0.05, 0.1) is 5.56 Å². The van der Waals surface area contributed by atoms with Crippen molar-refractivity contribution in [2.24, 2.45) is 5.92 Å². The van der Waals surface area contributed by atoms with Crippen LogP contribution in [0.4, 0.5) is 9.39 Å². The highest BCUT2D eigenvalue weighted by atomic mass is 32.1. The van der Waals surface area contributed by atoms with E-state index in [1.165, 1.54) is 34.4 Å². The summed E-state index contributed by atoms with van der Waals surface area (Å²) >= 11 is 1.47. The van der Waals surface area contributed by atoms with Gasteiger partial charge >= 0.3 is 0 Å². The number of rotatable bonds is 2. The highest BCUT2D eigenvalue weighted by Crippen LogP contribution is 2.39. The maximum absolute atomic E-state index is 13.2. The molecule has 0 aliphatic heterocycles. The zero-order chi connectivity index (χ0) is 15.7. The molecule has 1 heterocycles. The van der Waals surface area contributed by atoms with Crippen LogP contribution in [0.1, 0.15) is 39.7 Å². The molecule has 0 saturated carbocycles. The SMILES string of the molecule is CC1CCc2sc(NC(=O)c3cccc(F)c3)c(C#N)c2C1. The summed E-state index contributed by atoms with van der Waals surface area (Å²) in [7, 11) is 0. The average molecular weight is 314 g/mol. The summed E-state index contributed by atoms with van der Waals surface area (Å²) < 4.78 is 13.2. The predicted molar refractivity (Wildman–Crippen MR) is 84.6 cm³/mol. The summed E-state index contributed by atoms with van der Waals surface area (Å²) in [5.74, 6) is -0.281. The van der Waals surface area contributed by atoms with Gasteiger partial charge in [0.25, 0.3) is 5.91 Å². The first-order chi connectivity index (χ1) is 10.6. The molecule has 22 heavy (non-hydrogen) atoms. The van der Waals surface area contributed by atoms with Crippen molar-refractivity contribution in [3.8, 4) is 6.07 Å². The van der Waals surface area contributed by atoms with Crippen molar-refractivity contribution in [3.05, 3.63) is 51.7 Å². The van der Waals surface area contributed by atoms with E-state index in [4.69, 9.17) is 0 Å². The quantitative estimate of drug-likeness (QED) is 0.906. The number of nitrogens with one attached hydrogen (secondary N) is 1. The molecule has 5 heteroatoms. The van der Waals surface area contributed by atoms with Crippen LogP contribution in [0.2, 0.25) is 0 Å². The average Bonchev–Trinajstić information content (AvgIpc) is 2.83. The number of nitriles is 1. The maximum atomic E-state index is 13.2. The molecule has 1 atom stereocenters. The molecule has 0 saturated heterocycles. The Bertz CT molecular complexity index is 775. The van der Waals surface area contributed by atoms with Crippen molar-refractivity contribution in [1.29, 1.82) is 5.26 Å². The smallest absolute Gasteiger partial charge is 0.256 e. The Labute approximate surface area is 132 Å². The molecule has 1 aliphatic carbocycles. The number of fused-ring (bicyclic) bond motifs is 1. The Morgan fingerprint density at radius 1 is 1.50 bits per heavy atom. The summed E-state index contributed by atoms with van der Waals surface area (Å²) in [6.07, 6.45) is 2.94. The molecule has 1 aromatic carbocycles. The summed E-state index contributed by atoms with van der Waals surface area (Å²) in [5, 5.41) is 12.8. The normalized spacial score (nSPS) is 16.7. The van der Waals surface area contributed by atoms with E-state index in [1.54, 1.807) is 6.07 Å². The number of thiophene rings is 1. The van der Waals surface area contributed by atoms with Gasteiger partial charge in [0, 0.05) is 10.4 Å². The van der Waals surface area contributed by atoms with E-state index in [2.05, 4.69) is 18.3 Å². The summed E-state index contributed by atoms with van der Waals surface area (Å²) in [5.41, 5.74) is 1.89. The van der Waals surface area contributed by atoms with Gasteiger partial charge in [-0.3, -0.25) is 4.79 Å². The van der Waals surface area contributed by atoms with E-state index in [0.717, 1.165) is 24.8 Å². The molecule has 0 fully saturated rings. The van der Waals surface area contributed by atoms with Crippen molar-refractivity contribution in [1.82, 2.24) is 0 Å². The van der Waals surface area contributed by atoms with Crippen molar-refractivity contribution in [2.45, 2.75) is 26.2 Å². The number of carbonyl (C=O) groups excluding carboxylic acids is 1. The Hall–Kier alpha value is -2.19. The van der Waals surface area contributed by atoms with Gasteiger partial charge in [0.15, 0.2) is 0 Å². The summed E-state index contributed by atoms with van der Waals surface area (Å²) in [6.45, 7) is 2.17. The highest BCUT2D eigenvalue weighted by Gasteiger charge is 2.25. The number of aryl methyl sites for hydroxylation is 1. The van der Waals surface area contributed by atoms with Gasteiger partial charge in [0.2, 0.25) is 0 Å². The van der Waals surface area contributed by atoms with Gasteiger partial charge in [0.1, 0.15) is 16.9 Å². The molecule has 2 aromatic rings. The van der Waals surface area contributed by atoms with E-state index >= 15 is 0 Å². The van der Waals surface area contributed by atoms with Crippen LogP contribution in [0.15, 0.2) is 24.3 Å². The van der Waals surface area contributed by atoms with Crippen LogP contribution >= 0.6 is 11.3 Å². The largest absolute Gasteiger partial charge is 0.312 e. The monoisotopic (exact) mass is 314 g/mol. The van der Waals surface area contributed by atoms with Gasteiger partial charge < -0.3 is 5.32 Å². The predicted octanol–water partition coefficient (Wildman–Crippen LogP) is 4.14. The van der Waals surface area contributed by atoms with Crippen molar-refractivity contribution in [2.75, 3.05) is 5.32 Å². The second-order valence-electron chi connectivity index (χ2n) is 5.63. The van der Waals surface area contributed by atoms with Gasteiger partial charge in [-0.2, -0.15) is 5.26 Å². The van der Waals surface area contributed by atoms with E-state index in [-0.39, 0.29) is 11.5 Å². The zero-order valence-electron chi connectivity index (χ0n) is 12.1. The topological polar surface area (TPSA) is 52.9 Å². The second kappa shape index (κ2) is 5.90. The molecule has 3 nitrogen and oxygen atoms in total. The van der Waals surface area contributed by atoms with Crippen LogP contribution in [-0.4, -0.2) is 5.91 Å². The molecule has 0 bridgehead atoms. The van der Waals surface area contributed by atoms with Crippen molar-refractivity contribution >= 4 is 22.2 Å². The number of nitrogens with zero attached hydrogens (tertiary/aromatic N) is 1. The number of benzene rings is 1. The lowest BCUT2D eigenvalue weighted by Gasteiger charge is -2.17. The molecule has 1 amide bonds. The fourth-order valence-electron chi connectivity index (χ4n) is 2.77. The Morgan fingerprint density at radius 3 is 3.05 bits per heavy atom. The Balaban J connectivity index is 1.90. The molecule has 0 spiro atoms. The number of hydrogen-bond acceptors (Lipinski definition) is 3. The lowest BCUT2D eigenvalue weighted by atomic mass is 9.88. The number of hydrogen-bond donors (Lipinski definition) is 1. The van der Waals surface area contributed by atoms with Crippen LogP contribution in [0, 0.1) is 23.1 Å². The lowest BCUT2D eigenvalue weighted by Crippen LogP contribution is -2.12. The van der Waals surface area contributed by atoms with E-state index in [0.29, 0.717) is 16.5 Å². The van der Waals surface area contributed by atoms with Crippen LogP contribution in [-0.2, 0) is 12.8 Å². The first kappa shape index (κ1) is 14.7. The first-order valence-electron chi connectivity index (χ1n) is 7.20. The third kappa shape index (κ3) is 2.75. The fourth-order valence-corrected chi connectivity index (χ4v) is 3.96. The Kier molecular flexibility index (Phi) is 3.95. The number of halogens is 1. The van der Waals surface area contributed by atoms with Crippen LogP contribution < -0.4 is 5.32 Å². The number of anilines is 1. The molecule has 1 N–H and O–H groups in total. The maximum Gasteiger partial charge on any atom is 0.256 e. The molecule has 112 valence electrons. The Morgan fingerprint density at radius 2 is 2.32 bits per heavy atom. The first-order valence-corrected chi connectivity index (χ1v) is 8.01. The molecular formula is C17H15FN2OS. The standard InChI is InChI=1S/C17H15FN2OS/c1-10-5-6-15-13(7-10)14(9-19)17(22-15)20-16(21)11-3-2-4-12(18)8-11/h2-4,8,10H,5-7H2,1H3,(H,20,21). The third-order valence-electron chi connectivity index (χ3n) is 3.93. The number of amides is 1. The van der Waals surface area contributed by atoms with Gasteiger partial charge in [-0.1, -0.05) is 13.0 Å². The molecular weight excluding hydrogens is 299 g/mol. The number of carbonyl (C=O) groups is 1. The molecule has 1 aliphatic rings. The van der Waals surface area contributed by atoms with E-state index in [1.807, 2.05) is 0 Å². The summed E-state index contributed by atoms with van der Waals surface area (Å²) in [6, 6.07) is 7.75. The van der Waals surface area contributed by atoms with Gasteiger partial charge in [-0.15, -0.1) is 11.3 Å². The van der Waals surface area contributed by atoms with Crippen LogP contribution in [0.25, 0.3) is 0 Å². The zero-order valence-corrected chi connectivity index (χ0v) is 13.0. The minimum absolute atomic E-state index is 0.253. The van der Waals surface area contributed by atoms with Gasteiger partial charge in [-0.25, -0.2) is 4.39 Å². The van der Waals surface area contributed by atoms with Crippen molar-refractivity contribution < 1.29 is 9.18 Å². The van der Waals surface area contributed by atoms with Crippen molar-refractivity contribution in [3.63, 3.8) is 0 Å². The second-order valence-corrected chi connectivity index (χ2v) is 6.74. The van der Waals surface area contributed by atoms with E-state index in [9.17, 15) is 14.4 Å². The molecule has 0 radical (unpaired) electrons. The molecule has 1 unspecified atom stereocenters. The third-order valence-corrected chi connectivity index (χ3v) is 5.14. The fraction of sp³-hybridized carbons (Fsp3) is 0.294. The summed E-state index contributed by atoms with van der Waals surface area (Å²) in [4.78, 5) is 13.4. The minimum Gasteiger partial charge on any atom is -0.312 e. The van der Waals surface area contributed by atoms with Crippen LogP contribution in [0.3, 0.4) is 0 Å².